The number of oxime groups is 1. The molecule has 90 valence electrons. The normalized spacial score (nSPS) is 21.6. The van der Waals surface area contributed by atoms with E-state index in [-0.39, 0.29) is 12.1 Å². The van der Waals surface area contributed by atoms with Crippen molar-refractivity contribution in [1.29, 1.82) is 0 Å². The average molecular weight is 234 g/mol. The lowest BCUT2D eigenvalue weighted by Gasteiger charge is -2.33. The molecule has 1 atom stereocenters. The fraction of sp³-hybridized carbons (Fsp3) is 0.333. The molecule has 1 aromatic carbocycles. The molecule has 0 aromatic heterocycles. The van der Waals surface area contributed by atoms with Crippen molar-refractivity contribution >= 4 is 11.6 Å². The van der Waals surface area contributed by atoms with Gasteiger partial charge in [-0.05, 0) is 0 Å². The number of carbonyl (C=O) groups excluding carboxylic acids is 1. The minimum Gasteiger partial charge on any atom is -0.398 e. The van der Waals surface area contributed by atoms with Gasteiger partial charge < -0.3 is 14.5 Å². The first-order chi connectivity index (χ1) is 8.20. The predicted octanol–water partition coefficient (Wildman–Crippen LogP) is 1.15. The van der Waals surface area contributed by atoms with Gasteiger partial charge in [0.2, 0.25) is 0 Å². The van der Waals surface area contributed by atoms with Crippen LogP contribution < -0.4 is 0 Å². The van der Waals surface area contributed by atoms with Crippen molar-refractivity contribution in [3.8, 4) is 0 Å². The molecular weight excluding hydrogens is 220 g/mol. The van der Waals surface area contributed by atoms with Crippen molar-refractivity contribution in [3.05, 3.63) is 35.4 Å². The van der Waals surface area contributed by atoms with Gasteiger partial charge in [-0.2, -0.15) is 0 Å². The summed E-state index contributed by atoms with van der Waals surface area (Å²) < 4.78 is 5.34. The second kappa shape index (κ2) is 4.55. The highest BCUT2D eigenvalue weighted by Crippen LogP contribution is 2.29. The molecule has 1 aliphatic heterocycles. The second-order valence-corrected chi connectivity index (χ2v) is 3.71. The Labute approximate surface area is 99.6 Å². The Morgan fingerprint density at radius 1 is 1.29 bits per heavy atom. The van der Waals surface area contributed by atoms with Crippen molar-refractivity contribution in [1.82, 2.24) is 4.90 Å². The van der Waals surface area contributed by atoms with Gasteiger partial charge in [0.1, 0.15) is 7.11 Å². The van der Waals surface area contributed by atoms with Crippen LogP contribution >= 0.6 is 0 Å². The van der Waals surface area contributed by atoms with Crippen LogP contribution in [0.2, 0.25) is 0 Å². The van der Waals surface area contributed by atoms with E-state index in [1.165, 1.54) is 12.0 Å². The van der Waals surface area contributed by atoms with Gasteiger partial charge in [-0.3, -0.25) is 4.79 Å². The van der Waals surface area contributed by atoms with Crippen molar-refractivity contribution in [3.63, 3.8) is 0 Å². The molecule has 0 aliphatic carbocycles. The number of fused-ring (bicyclic) bond motifs is 1. The molecule has 0 radical (unpaired) electrons. The molecule has 1 aliphatic rings. The largest absolute Gasteiger partial charge is 0.398 e. The summed E-state index contributed by atoms with van der Waals surface area (Å²) in [4.78, 5) is 18.3. The van der Waals surface area contributed by atoms with Crippen LogP contribution in [0, 0.1) is 0 Å². The first-order valence-electron chi connectivity index (χ1n) is 5.21. The van der Waals surface area contributed by atoms with Crippen LogP contribution in [0.25, 0.3) is 0 Å². The number of amides is 1. The number of hydrogen-bond donors (Lipinski definition) is 0. The summed E-state index contributed by atoms with van der Waals surface area (Å²) in [5.74, 6) is -0.211. The summed E-state index contributed by atoms with van der Waals surface area (Å²) in [6, 6.07) is 7.51. The quantitative estimate of drug-likeness (QED) is 0.721. The van der Waals surface area contributed by atoms with E-state index in [2.05, 4.69) is 5.16 Å². The fourth-order valence-electron chi connectivity index (χ4n) is 1.99. The number of carbonyl (C=O) groups is 1. The molecule has 5 nitrogen and oxygen atoms in total. The Hall–Kier alpha value is -1.88. The highest BCUT2D eigenvalue weighted by molar-refractivity contribution is 6.46. The van der Waals surface area contributed by atoms with E-state index in [0.29, 0.717) is 5.71 Å². The van der Waals surface area contributed by atoms with Crippen molar-refractivity contribution in [2.75, 3.05) is 21.3 Å². The van der Waals surface area contributed by atoms with Gasteiger partial charge in [0.25, 0.3) is 5.91 Å². The number of hydrogen-bond acceptors (Lipinski definition) is 4. The summed E-state index contributed by atoms with van der Waals surface area (Å²) in [6.07, 6.45) is -0.380. The Bertz CT molecular complexity index is 471. The van der Waals surface area contributed by atoms with Crippen LogP contribution in [0.4, 0.5) is 0 Å². The number of likely N-dealkylation sites (N-methyl/N-ethyl adjacent to an activating group) is 1. The highest BCUT2D eigenvalue weighted by Gasteiger charge is 2.35. The molecule has 17 heavy (non-hydrogen) atoms. The Balaban J connectivity index is 2.60. The number of rotatable bonds is 2. The van der Waals surface area contributed by atoms with Crippen molar-refractivity contribution in [2.24, 2.45) is 5.16 Å². The fourth-order valence-corrected chi connectivity index (χ4v) is 1.99. The van der Waals surface area contributed by atoms with E-state index in [9.17, 15) is 4.79 Å². The van der Waals surface area contributed by atoms with Crippen LogP contribution in [0.15, 0.2) is 29.4 Å². The number of methoxy groups -OCH3 is 1. The van der Waals surface area contributed by atoms with Crippen molar-refractivity contribution < 1.29 is 14.4 Å². The lowest BCUT2D eigenvalue weighted by atomic mass is 9.96. The molecule has 1 unspecified atom stereocenters. The molecule has 1 amide bonds. The standard InChI is InChI=1S/C12H14N2O3/c1-14-11(15)10(13-17-3)8-6-4-5-7-9(8)12(14)16-2/h4-7,12H,1-3H3. The molecule has 0 spiro atoms. The third-order valence-corrected chi connectivity index (χ3v) is 2.76. The predicted molar refractivity (Wildman–Crippen MR) is 62.5 cm³/mol. The second-order valence-electron chi connectivity index (χ2n) is 3.71. The summed E-state index contributed by atoms with van der Waals surface area (Å²) in [5.41, 5.74) is 1.97. The lowest BCUT2D eigenvalue weighted by molar-refractivity contribution is -0.135. The molecule has 0 saturated carbocycles. The van der Waals surface area contributed by atoms with E-state index in [4.69, 9.17) is 9.57 Å². The smallest absolute Gasteiger partial charge is 0.278 e. The van der Waals surface area contributed by atoms with Crippen LogP contribution in [-0.2, 0) is 14.4 Å². The lowest BCUT2D eigenvalue weighted by Crippen LogP contribution is -2.42. The van der Waals surface area contributed by atoms with Crippen LogP contribution in [0.5, 0.6) is 0 Å². The number of nitrogens with zero attached hydrogens (tertiary/aromatic N) is 2. The topological polar surface area (TPSA) is 51.1 Å². The van der Waals surface area contributed by atoms with Crippen LogP contribution in [0.1, 0.15) is 17.4 Å². The van der Waals surface area contributed by atoms with Gasteiger partial charge in [-0.25, -0.2) is 0 Å². The highest BCUT2D eigenvalue weighted by atomic mass is 16.6. The monoisotopic (exact) mass is 234 g/mol. The van der Waals surface area contributed by atoms with E-state index >= 15 is 0 Å². The molecule has 1 aromatic rings. The molecule has 0 saturated heterocycles. The minimum absolute atomic E-state index is 0.211. The molecular formula is C12H14N2O3. The zero-order chi connectivity index (χ0) is 12.4. The van der Waals surface area contributed by atoms with Gasteiger partial charge in [-0.15, -0.1) is 0 Å². The molecule has 1 heterocycles. The molecule has 2 rings (SSSR count). The van der Waals surface area contributed by atoms with E-state index in [1.807, 2.05) is 24.3 Å². The van der Waals surface area contributed by atoms with E-state index in [0.717, 1.165) is 11.1 Å². The summed E-state index contributed by atoms with van der Waals surface area (Å²) in [6.45, 7) is 0. The van der Waals surface area contributed by atoms with E-state index < -0.39 is 0 Å². The minimum atomic E-state index is -0.380. The van der Waals surface area contributed by atoms with Crippen LogP contribution in [0.3, 0.4) is 0 Å². The van der Waals surface area contributed by atoms with E-state index in [1.54, 1.807) is 14.2 Å². The summed E-state index contributed by atoms with van der Waals surface area (Å²) in [5, 5.41) is 3.80. The van der Waals surface area contributed by atoms with Crippen LogP contribution in [-0.4, -0.2) is 37.8 Å². The van der Waals surface area contributed by atoms with Gasteiger partial charge >= 0.3 is 0 Å². The Morgan fingerprint density at radius 3 is 2.65 bits per heavy atom. The maximum atomic E-state index is 12.1. The van der Waals surface area contributed by atoms with Gasteiger partial charge in [0, 0.05) is 25.3 Å². The zero-order valence-corrected chi connectivity index (χ0v) is 10.0. The van der Waals surface area contributed by atoms with Gasteiger partial charge in [-0.1, -0.05) is 29.4 Å². The average Bonchev–Trinajstić information content (AvgIpc) is 2.35. The maximum Gasteiger partial charge on any atom is 0.278 e. The van der Waals surface area contributed by atoms with Crippen molar-refractivity contribution in [2.45, 2.75) is 6.23 Å². The maximum absolute atomic E-state index is 12.1. The summed E-state index contributed by atoms with van der Waals surface area (Å²) in [7, 11) is 4.67. The van der Waals surface area contributed by atoms with Gasteiger partial charge in [0.15, 0.2) is 11.9 Å². The molecule has 0 N–H and O–H groups in total. The first-order valence-corrected chi connectivity index (χ1v) is 5.21. The van der Waals surface area contributed by atoms with Gasteiger partial charge in [0.05, 0.1) is 0 Å². The molecule has 0 fully saturated rings. The Morgan fingerprint density at radius 2 is 2.00 bits per heavy atom. The summed E-state index contributed by atoms with van der Waals surface area (Å²) >= 11 is 0. The third kappa shape index (κ3) is 1.78. The molecule has 0 bridgehead atoms. The SMILES string of the molecule is CON=C1C(=O)N(C)C(OC)c2ccccc21. The Kier molecular flexibility index (Phi) is 3.10. The molecule has 5 heteroatoms. The first kappa shape index (κ1) is 11.6. The third-order valence-electron chi connectivity index (χ3n) is 2.76. The number of benzene rings is 1. The zero-order valence-electron chi connectivity index (χ0n) is 10.0. The number of ether oxygens (including phenoxy) is 1.